The van der Waals surface area contributed by atoms with Crippen LogP contribution in [0.4, 0.5) is 11.5 Å². The van der Waals surface area contributed by atoms with E-state index in [1.54, 1.807) is 6.07 Å². The lowest BCUT2D eigenvalue weighted by atomic mass is 10.00. The lowest BCUT2D eigenvalue weighted by Gasteiger charge is -2.31. The molecule has 1 fully saturated rings. The third-order valence-electron chi connectivity index (χ3n) is 3.14. The number of nitro groups is 1. The molecule has 7 nitrogen and oxygen atoms in total. The number of nitriles is 1. The van der Waals surface area contributed by atoms with E-state index in [4.69, 9.17) is 5.26 Å². The van der Waals surface area contributed by atoms with Gasteiger partial charge in [-0.15, -0.1) is 0 Å². The average Bonchev–Trinajstić information content (AvgIpc) is 2.46. The summed E-state index contributed by atoms with van der Waals surface area (Å²) in [6, 6.07) is 4.54. The molecule has 2 heterocycles. The van der Waals surface area contributed by atoms with Crippen LogP contribution in [-0.2, 0) is 4.79 Å². The number of carbonyl (C=O) groups excluding carboxylic acids is 1. The first-order chi connectivity index (χ1) is 9.15. The lowest BCUT2D eigenvalue weighted by Crippen LogP contribution is -2.36. The summed E-state index contributed by atoms with van der Waals surface area (Å²) in [4.78, 5) is 26.8. The van der Waals surface area contributed by atoms with Crippen LogP contribution in [0.1, 0.15) is 18.5 Å². The van der Waals surface area contributed by atoms with Crippen molar-refractivity contribution in [3.8, 4) is 6.07 Å². The molecule has 7 heteroatoms. The van der Waals surface area contributed by atoms with Crippen molar-refractivity contribution in [3.63, 3.8) is 0 Å². The highest BCUT2D eigenvalue weighted by Gasteiger charge is 2.23. The predicted molar refractivity (Wildman–Crippen MR) is 66.6 cm³/mol. The molecule has 0 aliphatic carbocycles. The Balaban J connectivity index is 2.28. The van der Waals surface area contributed by atoms with Gasteiger partial charge in [-0.3, -0.25) is 10.1 Å². The van der Waals surface area contributed by atoms with Gasteiger partial charge in [-0.1, -0.05) is 0 Å². The Labute approximate surface area is 109 Å². The number of rotatable bonds is 3. The molecule has 0 aromatic carbocycles. The van der Waals surface area contributed by atoms with E-state index in [9.17, 15) is 14.9 Å². The van der Waals surface area contributed by atoms with E-state index in [1.807, 2.05) is 4.90 Å². The monoisotopic (exact) mass is 260 g/mol. The fourth-order valence-electron chi connectivity index (χ4n) is 2.18. The maximum atomic E-state index is 10.8. The Morgan fingerprint density at radius 2 is 2.37 bits per heavy atom. The maximum absolute atomic E-state index is 10.8. The first kappa shape index (κ1) is 13.0. The average molecular weight is 260 g/mol. The van der Waals surface area contributed by atoms with Gasteiger partial charge in [-0.2, -0.15) is 5.26 Å². The van der Waals surface area contributed by atoms with Crippen molar-refractivity contribution in [1.29, 1.82) is 5.26 Å². The second-order valence-electron chi connectivity index (χ2n) is 4.39. The molecule has 0 saturated carbocycles. The normalized spacial score (nSPS) is 18.7. The van der Waals surface area contributed by atoms with E-state index in [0.717, 1.165) is 25.7 Å². The molecule has 0 radical (unpaired) electrons. The van der Waals surface area contributed by atoms with Gasteiger partial charge >= 0.3 is 5.69 Å². The zero-order chi connectivity index (χ0) is 13.8. The summed E-state index contributed by atoms with van der Waals surface area (Å²) in [5.74, 6) is 0.463. The van der Waals surface area contributed by atoms with Gasteiger partial charge in [0, 0.05) is 25.1 Å². The highest BCUT2D eigenvalue weighted by molar-refractivity contribution is 5.57. The molecule has 19 heavy (non-hydrogen) atoms. The molecule has 0 N–H and O–H groups in total. The second-order valence-corrected chi connectivity index (χ2v) is 4.39. The molecule has 1 aromatic rings. The van der Waals surface area contributed by atoms with Crippen molar-refractivity contribution < 1.29 is 9.72 Å². The highest BCUT2D eigenvalue weighted by Crippen LogP contribution is 2.24. The van der Waals surface area contributed by atoms with Crippen LogP contribution in [0.3, 0.4) is 0 Å². The quantitative estimate of drug-likeness (QED) is 0.461. The minimum atomic E-state index is -0.625. The SMILES string of the molecule is N#Cc1nc(N2CCCC(C=O)C2)ccc1[N+](=O)[O-]. The van der Waals surface area contributed by atoms with Crippen LogP contribution in [0.25, 0.3) is 0 Å². The number of hydrogen-bond acceptors (Lipinski definition) is 6. The van der Waals surface area contributed by atoms with Crippen LogP contribution in [-0.4, -0.2) is 29.3 Å². The summed E-state index contributed by atoms with van der Waals surface area (Å²) in [5.41, 5.74) is -0.495. The smallest absolute Gasteiger partial charge is 0.305 e. The van der Waals surface area contributed by atoms with Crippen LogP contribution >= 0.6 is 0 Å². The molecule has 1 saturated heterocycles. The molecule has 0 amide bonds. The molecule has 1 aliphatic heterocycles. The van der Waals surface area contributed by atoms with Crippen molar-refractivity contribution in [3.05, 3.63) is 27.9 Å². The van der Waals surface area contributed by atoms with E-state index < -0.39 is 4.92 Å². The summed E-state index contributed by atoms with van der Waals surface area (Å²) >= 11 is 0. The van der Waals surface area contributed by atoms with Gasteiger partial charge in [0.2, 0.25) is 5.69 Å². The largest absolute Gasteiger partial charge is 0.356 e. The van der Waals surface area contributed by atoms with Gasteiger partial charge in [-0.25, -0.2) is 4.98 Å². The van der Waals surface area contributed by atoms with Crippen LogP contribution in [0.5, 0.6) is 0 Å². The predicted octanol–water partition coefficient (Wildman–Crippen LogP) is 1.28. The Kier molecular flexibility index (Phi) is 3.71. The number of aromatic nitrogens is 1. The van der Waals surface area contributed by atoms with E-state index >= 15 is 0 Å². The molecule has 2 rings (SSSR count). The highest BCUT2D eigenvalue weighted by atomic mass is 16.6. The number of nitrogens with zero attached hydrogens (tertiary/aromatic N) is 4. The number of anilines is 1. The van der Waals surface area contributed by atoms with Gasteiger partial charge in [0.25, 0.3) is 0 Å². The minimum absolute atomic E-state index is 0.0451. The first-order valence-corrected chi connectivity index (χ1v) is 5.91. The number of piperidine rings is 1. The number of carbonyl (C=O) groups is 1. The molecule has 0 spiro atoms. The minimum Gasteiger partial charge on any atom is -0.356 e. The van der Waals surface area contributed by atoms with Crippen LogP contribution in [0.2, 0.25) is 0 Å². The number of aldehydes is 1. The zero-order valence-corrected chi connectivity index (χ0v) is 10.2. The van der Waals surface area contributed by atoms with E-state index in [1.165, 1.54) is 12.1 Å². The van der Waals surface area contributed by atoms with Gasteiger partial charge < -0.3 is 9.69 Å². The summed E-state index contributed by atoms with van der Waals surface area (Å²) in [6.45, 7) is 1.28. The molecule has 98 valence electrons. The Hall–Kier alpha value is -2.49. The molecule has 0 bridgehead atoms. The summed E-state index contributed by atoms with van der Waals surface area (Å²) < 4.78 is 0. The second kappa shape index (κ2) is 5.44. The lowest BCUT2D eigenvalue weighted by molar-refractivity contribution is -0.385. The maximum Gasteiger partial charge on any atom is 0.305 e. The van der Waals surface area contributed by atoms with Crippen molar-refractivity contribution in [1.82, 2.24) is 4.98 Å². The number of pyridine rings is 1. The van der Waals surface area contributed by atoms with Crippen LogP contribution in [0.15, 0.2) is 12.1 Å². The number of hydrogen-bond donors (Lipinski definition) is 0. The van der Waals surface area contributed by atoms with E-state index in [-0.39, 0.29) is 17.3 Å². The van der Waals surface area contributed by atoms with E-state index in [0.29, 0.717) is 12.4 Å². The van der Waals surface area contributed by atoms with Gasteiger partial charge in [0.15, 0.2) is 0 Å². The van der Waals surface area contributed by atoms with Crippen molar-refractivity contribution in [2.75, 3.05) is 18.0 Å². The summed E-state index contributed by atoms with van der Waals surface area (Å²) in [5, 5.41) is 19.6. The topological polar surface area (TPSA) is 100 Å². The molecule has 1 aliphatic rings. The fourth-order valence-corrected chi connectivity index (χ4v) is 2.18. The summed E-state index contributed by atoms with van der Waals surface area (Å²) in [7, 11) is 0. The molecular formula is C12H12N4O3. The fraction of sp³-hybridized carbons (Fsp3) is 0.417. The molecule has 1 aromatic heterocycles. The Bertz CT molecular complexity index is 552. The van der Waals surface area contributed by atoms with E-state index in [2.05, 4.69) is 4.98 Å². The summed E-state index contributed by atoms with van der Waals surface area (Å²) in [6.07, 6.45) is 2.63. The third kappa shape index (κ3) is 2.68. The Morgan fingerprint density at radius 1 is 1.58 bits per heavy atom. The third-order valence-corrected chi connectivity index (χ3v) is 3.14. The standard InChI is InChI=1S/C12H12N4O3/c13-6-10-11(16(18)19)3-4-12(14-10)15-5-1-2-9(7-15)8-17/h3-4,8-9H,1-2,5,7H2. The molecular weight excluding hydrogens is 248 g/mol. The van der Waals surface area contributed by atoms with Crippen molar-refractivity contribution >= 4 is 17.8 Å². The van der Waals surface area contributed by atoms with Crippen LogP contribution < -0.4 is 4.90 Å². The van der Waals surface area contributed by atoms with Crippen molar-refractivity contribution in [2.24, 2.45) is 5.92 Å². The van der Waals surface area contributed by atoms with Crippen LogP contribution in [0, 0.1) is 27.4 Å². The molecule has 1 atom stereocenters. The Morgan fingerprint density at radius 3 is 3.00 bits per heavy atom. The van der Waals surface area contributed by atoms with Gasteiger partial charge in [-0.05, 0) is 18.9 Å². The molecule has 1 unspecified atom stereocenters. The zero-order valence-electron chi connectivity index (χ0n) is 10.2. The van der Waals surface area contributed by atoms with Crippen molar-refractivity contribution in [2.45, 2.75) is 12.8 Å². The first-order valence-electron chi connectivity index (χ1n) is 5.91. The van der Waals surface area contributed by atoms with Gasteiger partial charge in [0.1, 0.15) is 18.2 Å². The van der Waals surface area contributed by atoms with Gasteiger partial charge in [0.05, 0.1) is 4.92 Å².